The number of nitrogens with one attached hydrogen (secondary N) is 1. The van der Waals surface area contributed by atoms with Gasteiger partial charge in [-0.25, -0.2) is 0 Å². The average molecular weight is 267 g/mol. The van der Waals surface area contributed by atoms with Crippen molar-refractivity contribution >= 4 is 5.91 Å². The van der Waals surface area contributed by atoms with Crippen molar-refractivity contribution in [2.24, 2.45) is 5.41 Å². The van der Waals surface area contributed by atoms with Crippen LogP contribution in [0.4, 0.5) is 0 Å². The fourth-order valence-electron chi connectivity index (χ4n) is 1.82. The SMILES string of the molecule is CCn1nc(C)cc1C(=O)NCC[C@@H](O)C(C)(C)C. The van der Waals surface area contributed by atoms with E-state index in [2.05, 4.69) is 10.4 Å². The Morgan fingerprint density at radius 2 is 2.16 bits per heavy atom. The summed E-state index contributed by atoms with van der Waals surface area (Å²) in [7, 11) is 0. The highest BCUT2D eigenvalue weighted by atomic mass is 16.3. The molecule has 108 valence electrons. The van der Waals surface area contributed by atoms with Gasteiger partial charge in [-0.1, -0.05) is 20.8 Å². The number of amides is 1. The van der Waals surface area contributed by atoms with Crippen LogP contribution in [0.5, 0.6) is 0 Å². The van der Waals surface area contributed by atoms with Gasteiger partial charge in [-0.2, -0.15) is 5.10 Å². The van der Waals surface area contributed by atoms with E-state index >= 15 is 0 Å². The second-order valence-electron chi connectivity index (χ2n) is 5.91. The van der Waals surface area contributed by atoms with Gasteiger partial charge in [0, 0.05) is 13.1 Å². The van der Waals surface area contributed by atoms with Crippen LogP contribution in [0, 0.1) is 12.3 Å². The van der Waals surface area contributed by atoms with Crippen LogP contribution in [0.25, 0.3) is 0 Å². The first kappa shape index (κ1) is 15.7. The number of aliphatic hydroxyl groups is 1. The van der Waals surface area contributed by atoms with Crippen LogP contribution in [0.2, 0.25) is 0 Å². The van der Waals surface area contributed by atoms with Crippen molar-refractivity contribution in [1.82, 2.24) is 15.1 Å². The minimum Gasteiger partial charge on any atom is -0.393 e. The van der Waals surface area contributed by atoms with Crippen molar-refractivity contribution < 1.29 is 9.90 Å². The maximum atomic E-state index is 12.0. The standard InChI is InChI=1S/C14H25N3O2/c1-6-17-11(9-10(2)16-17)13(19)15-8-7-12(18)14(3,4)5/h9,12,18H,6-8H2,1-5H3,(H,15,19)/t12-/m1/s1. The average Bonchev–Trinajstić information content (AvgIpc) is 2.69. The van der Waals surface area contributed by atoms with Crippen molar-refractivity contribution in [3.63, 3.8) is 0 Å². The van der Waals surface area contributed by atoms with Crippen molar-refractivity contribution in [2.75, 3.05) is 6.54 Å². The van der Waals surface area contributed by atoms with Gasteiger partial charge in [0.2, 0.25) is 0 Å². The van der Waals surface area contributed by atoms with Crippen LogP contribution < -0.4 is 5.32 Å². The quantitative estimate of drug-likeness (QED) is 0.854. The highest BCUT2D eigenvalue weighted by molar-refractivity contribution is 5.92. The summed E-state index contributed by atoms with van der Waals surface area (Å²) in [5.74, 6) is -0.136. The van der Waals surface area contributed by atoms with Crippen LogP contribution in [0.15, 0.2) is 6.07 Å². The second-order valence-corrected chi connectivity index (χ2v) is 5.91. The molecule has 1 atom stereocenters. The molecule has 1 aromatic rings. The summed E-state index contributed by atoms with van der Waals surface area (Å²) in [6.07, 6.45) is 0.125. The van der Waals surface area contributed by atoms with Gasteiger partial charge in [0.25, 0.3) is 5.91 Å². The van der Waals surface area contributed by atoms with Gasteiger partial charge in [0.15, 0.2) is 0 Å². The lowest BCUT2D eigenvalue weighted by Crippen LogP contribution is -2.33. The molecule has 19 heavy (non-hydrogen) atoms. The normalized spacial score (nSPS) is 13.4. The molecular weight excluding hydrogens is 242 g/mol. The molecule has 0 saturated carbocycles. The van der Waals surface area contributed by atoms with Gasteiger partial charge in [-0.15, -0.1) is 0 Å². The molecule has 0 fully saturated rings. The molecule has 0 unspecified atom stereocenters. The fraction of sp³-hybridized carbons (Fsp3) is 0.714. The van der Waals surface area contributed by atoms with Crippen LogP contribution in [-0.2, 0) is 6.54 Å². The maximum Gasteiger partial charge on any atom is 0.269 e. The third kappa shape index (κ3) is 4.35. The summed E-state index contributed by atoms with van der Waals surface area (Å²) < 4.78 is 1.69. The predicted octanol–water partition coefficient (Wildman–Crippen LogP) is 1.74. The van der Waals surface area contributed by atoms with Crippen LogP contribution in [0.3, 0.4) is 0 Å². The van der Waals surface area contributed by atoms with Crippen molar-refractivity contribution in [1.29, 1.82) is 0 Å². The molecule has 5 heteroatoms. The Labute approximate surface area is 115 Å². The number of aliphatic hydroxyl groups excluding tert-OH is 1. The summed E-state index contributed by atoms with van der Waals surface area (Å²) in [5.41, 5.74) is 1.25. The molecule has 0 bridgehead atoms. The molecule has 1 aromatic heterocycles. The molecule has 0 aromatic carbocycles. The van der Waals surface area contributed by atoms with E-state index in [9.17, 15) is 9.90 Å². The Hall–Kier alpha value is -1.36. The lowest BCUT2D eigenvalue weighted by atomic mass is 9.87. The molecule has 0 radical (unpaired) electrons. The maximum absolute atomic E-state index is 12.0. The summed E-state index contributed by atoms with van der Waals surface area (Å²) in [4.78, 5) is 12.0. The summed E-state index contributed by atoms with van der Waals surface area (Å²) in [5, 5.41) is 17.0. The van der Waals surface area contributed by atoms with Gasteiger partial charge >= 0.3 is 0 Å². The topological polar surface area (TPSA) is 67.2 Å². The largest absolute Gasteiger partial charge is 0.393 e. The number of rotatable bonds is 5. The van der Waals surface area contributed by atoms with Gasteiger partial charge in [0.05, 0.1) is 11.8 Å². The zero-order valence-electron chi connectivity index (χ0n) is 12.5. The zero-order chi connectivity index (χ0) is 14.6. The first-order valence-corrected chi connectivity index (χ1v) is 6.76. The number of nitrogens with zero attached hydrogens (tertiary/aromatic N) is 2. The van der Waals surface area contributed by atoms with E-state index in [0.717, 1.165) is 5.69 Å². The van der Waals surface area contributed by atoms with Gasteiger partial charge in [-0.3, -0.25) is 9.48 Å². The van der Waals surface area contributed by atoms with Gasteiger partial charge in [-0.05, 0) is 31.7 Å². The Morgan fingerprint density at radius 1 is 1.53 bits per heavy atom. The van der Waals surface area contributed by atoms with Gasteiger partial charge < -0.3 is 10.4 Å². The molecule has 1 rings (SSSR count). The third-order valence-corrected chi connectivity index (χ3v) is 3.14. The van der Waals surface area contributed by atoms with E-state index < -0.39 is 6.10 Å². The number of carbonyl (C=O) groups excluding carboxylic acids is 1. The highest BCUT2D eigenvalue weighted by Crippen LogP contribution is 2.20. The molecule has 0 spiro atoms. The molecule has 5 nitrogen and oxygen atoms in total. The molecule has 2 N–H and O–H groups in total. The van der Waals surface area contributed by atoms with E-state index in [4.69, 9.17) is 0 Å². The number of carbonyl (C=O) groups is 1. The van der Waals surface area contributed by atoms with Crippen molar-refractivity contribution in [2.45, 2.75) is 53.7 Å². The molecular formula is C14H25N3O2. The van der Waals surface area contributed by atoms with Crippen LogP contribution >= 0.6 is 0 Å². The number of aryl methyl sites for hydroxylation is 2. The van der Waals surface area contributed by atoms with E-state index in [1.54, 1.807) is 10.7 Å². The lowest BCUT2D eigenvalue weighted by Gasteiger charge is -2.25. The Morgan fingerprint density at radius 3 is 2.68 bits per heavy atom. The number of aromatic nitrogens is 2. The van der Waals surface area contributed by atoms with E-state index in [1.165, 1.54) is 0 Å². The third-order valence-electron chi connectivity index (χ3n) is 3.14. The number of hydrogen-bond donors (Lipinski definition) is 2. The Kier molecular flexibility index (Phi) is 5.11. The van der Waals surface area contributed by atoms with E-state index in [-0.39, 0.29) is 11.3 Å². The van der Waals surface area contributed by atoms with Crippen LogP contribution in [0.1, 0.15) is 50.3 Å². The molecule has 0 aliphatic rings. The molecule has 0 aliphatic carbocycles. The van der Waals surface area contributed by atoms with E-state index in [1.807, 2.05) is 34.6 Å². The lowest BCUT2D eigenvalue weighted by molar-refractivity contribution is 0.0550. The summed E-state index contributed by atoms with van der Waals surface area (Å²) in [6.45, 7) is 10.9. The monoisotopic (exact) mass is 267 g/mol. The Balaban J connectivity index is 2.52. The van der Waals surface area contributed by atoms with Crippen molar-refractivity contribution in [3.05, 3.63) is 17.5 Å². The smallest absolute Gasteiger partial charge is 0.269 e. The first-order valence-electron chi connectivity index (χ1n) is 6.76. The molecule has 0 aliphatic heterocycles. The second kappa shape index (κ2) is 6.19. The summed E-state index contributed by atoms with van der Waals surface area (Å²) in [6, 6.07) is 1.78. The zero-order valence-corrected chi connectivity index (χ0v) is 12.5. The fourth-order valence-corrected chi connectivity index (χ4v) is 1.82. The summed E-state index contributed by atoms with van der Waals surface area (Å²) >= 11 is 0. The predicted molar refractivity (Wildman–Crippen MR) is 75.1 cm³/mol. The molecule has 1 amide bonds. The number of hydrogen-bond acceptors (Lipinski definition) is 3. The Bertz CT molecular complexity index is 432. The highest BCUT2D eigenvalue weighted by Gasteiger charge is 2.22. The minimum absolute atomic E-state index is 0.136. The first-order chi connectivity index (χ1) is 8.75. The molecule has 0 saturated heterocycles. The van der Waals surface area contributed by atoms with Crippen LogP contribution in [-0.4, -0.2) is 33.4 Å². The van der Waals surface area contributed by atoms with Crippen molar-refractivity contribution in [3.8, 4) is 0 Å². The minimum atomic E-state index is -0.425. The van der Waals surface area contributed by atoms with E-state index in [0.29, 0.717) is 25.2 Å². The molecule has 1 heterocycles. The van der Waals surface area contributed by atoms with Gasteiger partial charge in [0.1, 0.15) is 5.69 Å².